The molecular formula is C14H11ClF2O. The van der Waals surface area contributed by atoms with Crippen LogP contribution in [-0.2, 0) is 0 Å². The van der Waals surface area contributed by atoms with E-state index in [2.05, 4.69) is 0 Å². The third-order valence-corrected chi connectivity index (χ3v) is 3.01. The highest BCUT2D eigenvalue weighted by Gasteiger charge is 2.19. The number of benzene rings is 2. The van der Waals surface area contributed by atoms with Crippen molar-refractivity contribution in [3.8, 4) is 0 Å². The summed E-state index contributed by atoms with van der Waals surface area (Å²) in [4.78, 5) is 0. The van der Waals surface area contributed by atoms with E-state index in [0.29, 0.717) is 5.56 Å². The van der Waals surface area contributed by atoms with Crippen LogP contribution in [0.4, 0.5) is 8.78 Å². The van der Waals surface area contributed by atoms with Gasteiger partial charge in [-0.15, -0.1) is 0 Å². The second kappa shape index (κ2) is 5.04. The summed E-state index contributed by atoms with van der Waals surface area (Å²) in [6, 6.07) is 8.53. The molecule has 0 aliphatic carbocycles. The van der Waals surface area contributed by atoms with Gasteiger partial charge in [-0.2, -0.15) is 0 Å². The van der Waals surface area contributed by atoms with Gasteiger partial charge in [0.1, 0.15) is 17.7 Å². The summed E-state index contributed by atoms with van der Waals surface area (Å²) in [6.07, 6.45) is -1.35. The summed E-state index contributed by atoms with van der Waals surface area (Å²) in [5.41, 5.74) is 0.459. The number of aliphatic hydroxyl groups is 1. The van der Waals surface area contributed by atoms with Crippen LogP contribution in [0.3, 0.4) is 0 Å². The fourth-order valence-corrected chi connectivity index (χ4v) is 1.93. The smallest absolute Gasteiger partial charge is 0.132 e. The van der Waals surface area contributed by atoms with E-state index in [1.54, 1.807) is 19.1 Å². The number of hydrogen-bond donors (Lipinski definition) is 1. The molecule has 4 heteroatoms. The predicted octanol–water partition coefficient (Wildman–Crippen LogP) is 4.01. The normalized spacial score (nSPS) is 12.5. The first-order chi connectivity index (χ1) is 8.50. The summed E-state index contributed by atoms with van der Waals surface area (Å²) >= 11 is 5.63. The molecular weight excluding hydrogens is 258 g/mol. The van der Waals surface area contributed by atoms with Gasteiger partial charge in [-0.3, -0.25) is 0 Å². The van der Waals surface area contributed by atoms with Crippen molar-refractivity contribution in [2.24, 2.45) is 0 Å². The zero-order valence-corrected chi connectivity index (χ0v) is 10.4. The standard InChI is InChI=1S/C14H11ClF2O/c1-8-3-2-4-11(13(8)17)14(18)10-6-5-9(15)7-12(10)16/h2-7,14,18H,1H3. The van der Waals surface area contributed by atoms with Crippen molar-refractivity contribution >= 4 is 11.6 Å². The highest BCUT2D eigenvalue weighted by Crippen LogP contribution is 2.28. The van der Waals surface area contributed by atoms with Crippen molar-refractivity contribution in [2.75, 3.05) is 0 Å². The van der Waals surface area contributed by atoms with Crippen LogP contribution in [0, 0.1) is 18.6 Å². The highest BCUT2D eigenvalue weighted by molar-refractivity contribution is 6.30. The number of halogens is 3. The van der Waals surface area contributed by atoms with Crippen molar-refractivity contribution < 1.29 is 13.9 Å². The Hall–Kier alpha value is -1.45. The monoisotopic (exact) mass is 268 g/mol. The molecule has 0 aromatic heterocycles. The van der Waals surface area contributed by atoms with Gasteiger partial charge in [0.15, 0.2) is 0 Å². The minimum Gasteiger partial charge on any atom is -0.383 e. The molecule has 0 fully saturated rings. The molecule has 0 aliphatic rings. The van der Waals surface area contributed by atoms with Crippen molar-refractivity contribution in [2.45, 2.75) is 13.0 Å². The van der Waals surface area contributed by atoms with Crippen molar-refractivity contribution in [3.05, 3.63) is 69.7 Å². The molecule has 0 amide bonds. The molecule has 0 saturated carbocycles. The van der Waals surface area contributed by atoms with Crippen LogP contribution in [0.15, 0.2) is 36.4 Å². The lowest BCUT2D eigenvalue weighted by Crippen LogP contribution is -2.06. The van der Waals surface area contributed by atoms with E-state index in [-0.39, 0.29) is 16.1 Å². The van der Waals surface area contributed by atoms with Crippen LogP contribution in [0.5, 0.6) is 0 Å². The minimum absolute atomic E-state index is 0.00361. The maximum absolute atomic E-state index is 13.8. The SMILES string of the molecule is Cc1cccc(C(O)c2ccc(Cl)cc2F)c1F. The van der Waals surface area contributed by atoms with E-state index >= 15 is 0 Å². The van der Waals surface area contributed by atoms with Crippen LogP contribution < -0.4 is 0 Å². The molecule has 0 heterocycles. The summed E-state index contributed by atoms with van der Waals surface area (Å²) in [5.74, 6) is -1.18. The first-order valence-corrected chi connectivity index (χ1v) is 5.76. The van der Waals surface area contributed by atoms with E-state index in [4.69, 9.17) is 11.6 Å². The molecule has 2 aromatic carbocycles. The average molecular weight is 269 g/mol. The lowest BCUT2D eigenvalue weighted by molar-refractivity contribution is 0.209. The Kier molecular flexibility index (Phi) is 3.64. The topological polar surface area (TPSA) is 20.2 Å². The van der Waals surface area contributed by atoms with Crippen molar-refractivity contribution in [1.29, 1.82) is 0 Å². The molecule has 0 bridgehead atoms. The Morgan fingerprint density at radius 2 is 1.83 bits per heavy atom. The van der Waals surface area contributed by atoms with Crippen LogP contribution in [0.2, 0.25) is 5.02 Å². The average Bonchev–Trinajstić information content (AvgIpc) is 2.32. The lowest BCUT2D eigenvalue weighted by Gasteiger charge is -2.14. The number of hydrogen-bond acceptors (Lipinski definition) is 1. The van der Waals surface area contributed by atoms with E-state index in [1.165, 1.54) is 18.2 Å². The van der Waals surface area contributed by atoms with Gasteiger partial charge in [0.25, 0.3) is 0 Å². The van der Waals surface area contributed by atoms with E-state index in [9.17, 15) is 13.9 Å². The fraction of sp³-hybridized carbons (Fsp3) is 0.143. The molecule has 2 rings (SSSR count). The van der Waals surface area contributed by atoms with Crippen LogP contribution in [0.25, 0.3) is 0 Å². The van der Waals surface area contributed by atoms with E-state index in [1.807, 2.05) is 0 Å². The Balaban J connectivity index is 2.48. The van der Waals surface area contributed by atoms with Gasteiger partial charge >= 0.3 is 0 Å². The summed E-state index contributed by atoms with van der Waals surface area (Å²) in [5, 5.41) is 10.3. The molecule has 0 radical (unpaired) electrons. The molecule has 94 valence electrons. The molecule has 0 aliphatic heterocycles. The molecule has 0 spiro atoms. The Morgan fingerprint density at radius 3 is 2.50 bits per heavy atom. The zero-order valence-electron chi connectivity index (χ0n) is 9.62. The predicted molar refractivity (Wildman–Crippen MR) is 66.6 cm³/mol. The molecule has 1 nitrogen and oxygen atoms in total. The van der Waals surface area contributed by atoms with Gasteiger partial charge in [-0.1, -0.05) is 35.9 Å². The zero-order chi connectivity index (χ0) is 13.3. The lowest BCUT2D eigenvalue weighted by atomic mass is 9.99. The van der Waals surface area contributed by atoms with Crippen LogP contribution in [0.1, 0.15) is 22.8 Å². The first kappa shape index (κ1) is 13.0. The second-order valence-electron chi connectivity index (χ2n) is 4.05. The summed E-state index contributed by atoms with van der Waals surface area (Å²) < 4.78 is 27.5. The van der Waals surface area contributed by atoms with Gasteiger partial charge in [0.05, 0.1) is 0 Å². The third-order valence-electron chi connectivity index (χ3n) is 2.77. The second-order valence-corrected chi connectivity index (χ2v) is 4.48. The Labute approximate surface area is 109 Å². The molecule has 1 atom stereocenters. The maximum Gasteiger partial charge on any atom is 0.132 e. The van der Waals surface area contributed by atoms with Crippen LogP contribution >= 0.6 is 11.6 Å². The summed E-state index contributed by atoms with van der Waals surface area (Å²) in [7, 11) is 0. The number of rotatable bonds is 2. The number of aliphatic hydroxyl groups excluding tert-OH is 1. The maximum atomic E-state index is 13.8. The number of aryl methyl sites for hydroxylation is 1. The minimum atomic E-state index is -1.35. The van der Waals surface area contributed by atoms with Crippen LogP contribution in [-0.4, -0.2) is 5.11 Å². The third kappa shape index (κ3) is 2.37. The van der Waals surface area contributed by atoms with Gasteiger partial charge in [-0.25, -0.2) is 8.78 Å². The molecule has 2 aromatic rings. The molecule has 1 N–H and O–H groups in total. The van der Waals surface area contributed by atoms with Gasteiger partial charge < -0.3 is 5.11 Å². The van der Waals surface area contributed by atoms with E-state index in [0.717, 1.165) is 6.07 Å². The summed E-state index contributed by atoms with van der Waals surface area (Å²) in [6.45, 7) is 1.59. The first-order valence-electron chi connectivity index (χ1n) is 5.38. The molecule has 1 unspecified atom stereocenters. The Bertz CT molecular complexity index is 584. The Morgan fingerprint density at radius 1 is 1.11 bits per heavy atom. The van der Waals surface area contributed by atoms with Gasteiger partial charge in [0, 0.05) is 16.1 Å². The largest absolute Gasteiger partial charge is 0.383 e. The fourth-order valence-electron chi connectivity index (χ4n) is 1.77. The highest BCUT2D eigenvalue weighted by atomic mass is 35.5. The quantitative estimate of drug-likeness (QED) is 0.873. The van der Waals surface area contributed by atoms with E-state index < -0.39 is 17.7 Å². The van der Waals surface area contributed by atoms with Crippen molar-refractivity contribution in [1.82, 2.24) is 0 Å². The molecule has 18 heavy (non-hydrogen) atoms. The van der Waals surface area contributed by atoms with Crippen molar-refractivity contribution in [3.63, 3.8) is 0 Å². The molecule has 0 saturated heterocycles. The van der Waals surface area contributed by atoms with Gasteiger partial charge in [-0.05, 0) is 24.6 Å². The van der Waals surface area contributed by atoms with Gasteiger partial charge in [0.2, 0.25) is 0 Å².